The Kier molecular flexibility index (Phi) is 9.81. The maximum Gasteiger partial charge on any atom is 1.00 e. The monoisotopic (exact) mass is 341 g/mol. The van der Waals surface area contributed by atoms with Crippen LogP contribution in [0, 0.1) is 10.1 Å². The molecule has 0 saturated carbocycles. The van der Waals surface area contributed by atoms with Crippen molar-refractivity contribution in [2.75, 3.05) is 19.8 Å². The zero-order valence-corrected chi connectivity index (χ0v) is 15.3. The molecule has 0 atom stereocenters. The van der Waals surface area contributed by atoms with Crippen molar-refractivity contribution in [1.82, 2.24) is 0 Å². The summed E-state index contributed by atoms with van der Waals surface area (Å²) in [5.74, 6) is -0.213. The fraction of sp³-hybridized carbons (Fsp3) is 0.500. The molecule has 10 heteroatoms. The molecule has 0 aliphatic carbocycles. The van der Waals surface area contributed by atoms with Crippen LogP contribution in [0.15, 0.2) is 23.1 Å². The Hall–Kier alpha value is -0.710. The summed E-state index contributed by atoms with van der Waals surface area (Å²) in [7, 11) is -4.86. The number of hydrogen-bond donors (Lipinski definition) is 0. The second-order valence-electron chi connectivity index (χ2n) is 4.16. The SMILES string of the molecule is CCCCOCCOc1ccc([N+](=O)[O-])cc1S(=O)(=O)[O-].[Na+]. The van der Waals surface area contributed by atoms with Gasteiger partial charge in [0.2, 0.25) is 0 Å². The van der Waals surface area contributed by atoms with Gasteiger partial charge in [-0.05, 0) is 12.5 Å². The smallest absolute Gasteiger partial charge is 0.744 e. The van der Waals surface area contributed by atoms with Crippen LogP contribution in [0.1, 0.15) is 19.8 Å². The predicted octanol–water partition coefficient (Wildman–Crippen LogP) is -1.30. The molecule has 8 nitrogen and oxygen atoms in total. The molecule has 1 aromatic carbocycles. The van der Waals surface area contributed by atoms with Crippen molar-refractivity contribution >= 4 is 15.8 Å². The van der Waals surface area contributed by atoms with E-state index in [-0.39, 0.29) is 48.5 Å². The van der Waals surface area contributed by atoms with E-state index in [9.17, 15) is 23.1 Å². The van der Waals surface area contributed by atoms with Crippen molar-refractivity contribution in [3.8, 4) is 5.75 Å². The minimum absolute atomic E-state index is 0. The number of benzene rings is 1. The van der Waals surface area contributed by atoms with Crippen LogP contribution in [-0.2, 0) is 14.9 Å². The van der Waals surface area contributed by atoms with Gasteiger partial charge in [0.25, 0.3) is 5.69 Å². The third-order valence-electron chi connectivity index (χ3n) is 2.53. The summed E-state index contributed by atoms with van der Waals surface area (Å²) in [6.07, 6.45) is 1.89. The van der Waals surface area contributed by atoms with E-state index in [0.717, 1.165) is 25.0 Å². The van der Waals surface area contributed by atoms with E-state index in [1.165, 1.54) is 0 Å². The third kappa shape index (κ3) is 7.03. The Morgan fingerprint density at radius 2 is 1.91 bits per heavy atom. The van der Waals surface area contributed by atoms with Crippen molar-refractivity contribution in [1.29, 1.82) is 0 Å². The van der Waals surface area contributed by atoms with Crippen molar-refractivity contribution in [3.05, 3.63) is 28.3 Å². The van der Waals surface area contributed by atoms with Crippen molar-refractivity contribution in [3.63, 3.8) is 0 Å². The summed E-state index contributed by atoms with van der Waals surface area (Å²) in [6, 6.07) is 2.85. The zero-order valence-electron chi connectivity index (χ0n) is 12.5. The molecule has 118 valence electrons. The van der Waals surface area contributed by atoms with E-state index in [1.807, 2.05) is 6.92 Å². The number of nitro groups is 1. The Morgan fingerprint density at radius 3 is 2.45 bits per heavy atom. The summed E-state index contributed by atoms with van der Waals surface area (Å²) >= 11 is 0. The topological polar surface area (TPSA) is 119 Å². The van der Waals surface area contributed by atoms with Gasteiger partial charge in [-0.15, -0.1) is 0 Å². The molecular weight excluding hydrogens is 325 g/mol. The van der Waals surface area contributed by atoms with Crippen LogP contribution >= 0.6 is 0 Å². The number of nitrogens with zero attached hydrogens (tertiary/aromatic N) is 1. The molecule has 0 heterocycles. The number of rotatable bonds is 9. The van der Waals surface area contributed by atoms with Crippen LogP contribution in [0.5, 0.6) is 5.75 Å². The van der Waals surface area contributed by atoms with Crippen molar-refractivity contribution in [2.45, 2.75) is 24.7 Å². The maximum absolute atomic E-state index is 11.1. The molecule has 0 bridgehead atoms. The number of unbranched alkanes of at least 4 members (excludes halogenated alkanes) is 1. The Labute approximate surface area is 151 Å². The number of nitro benzene ring substituents is 1. The van der Waals surface area contributed by atoms with E-state index in [4.69, 9.17) is 9.47 Å². The molecule has 1 aromatic rings. The number of ether oxygens (including phenoxy) is 2. The quantitative estimate of drug-likeness (QED) is 0.180. The first-order valence-corrected chi connectivity index (χ1v) is 7.72. The van der Waals surface area contributed by atoms with Gasteiger partial charge < -0.3 is 14.0 Å². The van der Waals surface area contributed by atoms with Gasteiger partial charge >= 0.3 is 29.6 Å². The summed E-state index contributed by atoms with van der Waals surface area (Å²) < 4.78 is 43.7. The summed E-state index contributed by atoms with van der Waals surface area (Å²) in [6.45, 7) is 2.86. The van der Waals surface area contributed by atoms with Gasteiger partial charge in [0.05, 0.1) is 11.5 Å². The first kappa shape index (κ1) is 21.3. The van der Waals surface area contributed by atoms with E-state index in [1.54, 1.807) is 0 Å². The second-order valence-corrected chi connectivity index (χ2v) is 5.50. The fourth-order valence-electron chi connectivity index (χ4n) is 1.48. The van der Waals surface area contributed by atoms with Crippen molar-refractivity contribution in [2.24, 2.45) is 0 Å². The molecule has 0 radical (unpaired) electrons. The molecule has 0 aromatic heterocycles. The van der Waals surface area contributed by atoms with Crippen LogP contribution < -0.4 is 34.3 Å². The standard InChI is InChI=1S/C12H17NO7S.Na/c1-2-3-6-19-7-8-20-11-5-4-10(13(14)15)9-12(11)21(16,17)18;/h4-5,9H,2-3,6-8H2,1H3,(H,16,17,18);/q;+1/p-1. The summed E-state index contributed by atoms with van der Waals surface area (Å²) in [4.78, 5) is 9.07. The van der Waals surface area contributed by atoms with Gasteiger partial charge in [0.1, 0.15) is 27.4 Å². The van der Waals surface area contributed by atoms with Gasteiger partial charge in [-0.2, -0.15) is 0 Å². The molecular formula is C12H16NNaO7S. The first-order valence-electron chi connectivity index (χ1n) is 6.31. The van der Waals surface area contributed by atoms with Crippen LogP contribution in [0.4, 0.5) is 5.69 Å². The van der Waals surface area contributed by atoms with Crippen LogP contribution in [0.2, 0.25) is 0 Å². The minimum atomic E-state index is -4.86. The van der Waals surface area contributed by atoms with Gasteiger partial charge in [-0.25, -0.2) is 8.42 Å². The third-order valence-corrected chi connectivity index (χ3v) is 3.39. The summed E-state index contributed by atoms with van der Waals surface area (Å²) in [5, 5.41) is 10.6. The van der Waals surface area contributed by atoms with Gasteiger partial charge in [0.15, 0.2) is 0 Å². The Balaban J connectivity index is 0.00000441. The Bertz CT molecular complexity index is 591. The molecule has 0 amide bonds. The molecule has 0 N–H and O–H groups in total. The molecule has 1 rings (SSSR count). The van der Waals surface area contributed by atoms with E-state index < -0.39 is 25.6 Å². The van der Waals surface area contributed by atoms with Gasteiger partial charge in [0, 0.05) is 18.7 Å². The molecule has 0 aliphatic rings. The molecule has 0 unspecified atom stereocenters. The predicted molar refractivity (Wildman–Crippen MR) is 72.3 cm³/mol. The zero-order chi connectivity index (χ0) is 15.9. The molecule has 0 fully saturated rings. The first-order chi connectivity index (χ1) is 9.86. The van der Waals surface area contributed by atoms with Crippen LogP contribution in [-0.4, -0.2) is 37.7 Å². The average Bonchev–Trinajstić information content (AvgIpc) is 2.41. The fourth-order valence-corrected chi connectivity index (χ4v) is 2.12. The molecule has 0 aliphatic heterocycles. The van der Waals surface area contributed by atoms with Crippen LogP contribution in [0.3, 0.4) is 0 Å². The molecule has 0 spiro atoms. The summed E-state index contributed by atoms with van der Waals surface area (Å²) in [5.41, 5.74) is -0.490. The minimum Gasteiger partial charge on any atom is -0.744 e. The average molecular weight is 341 g/mol. The number of hydrogen-bond acceptors (Lipinski definition) is 7. The number of non-ortho nitro benzene ring substituents is 1. The van der Waals surface area contributed by atoms with Gasteiger partial charge in [-0.3, -0.25) is 10.1 Å². The Morgan fingerprint density at radius 1 is 1.23 bits per heavy atom. The second kappa shape index (κ2) is 10.1. The normalized spacial score (nSPS) is 10.8. The van der Waals surface area contributed by atoms with Crippen molar-refractivity contribution < 1.29 is 56.9 Å². The van der Waals surface area contributed by atoms with E-state index in [0.29, 0.717) is 12.7 Å². The van der Waals surface area contributed by atoms with Crippen LogP contribution in [0.25, 0.3) is 0 Å². The molecule has 0 saturated heterocycles. The van der Waals surface area contributed by atoms with E-state index in [2.05, 4.69) is 0 Å². The largest absolute Gasteiger partial charge is 1.00 e. The van der Waals surface area contributed by atoms with Gasteiger partial charge in [-0.1, -0.05) is 13.3 Å². The molecule has 22 heavy (non-hydrogen) atoms. The maximum atomic E-state index is 11.1. The van der Waals surface area contributed by atoms with E-state index >= 15 is 0 Å².